The number of carbonyl (C=O) groups is 1. The Hall–Kier alpha value is -1.91. The van der Waals surface area contributed by atoms with E-state index in [1.165, 1.54) is 12.7 Å². The largest absolute Gasteiger partial charge is 0.469 e. The van der Waals surface area contributed by atoms with Crippen molar-refractivity contribution in [2.45, 2.75) is 46.0 Å². The summed E-state index contributed by atoms with van der Waals surface area (Å²) in [6.45, 7) is 4.09. The fourth-order valence-corrected chi connectivity index (χ4v) is 3.41. The van der Waals surface area contributed by atoms with Gasteiger partial charge in [-0.05, 0) is 63.5 Å². The van der Waals surface area contributed by atoms with E-state index in [1.54, 1.807) is 0 Å². The lowest BCUT2D eigenvalue weighted by Gasteiger charge is -2.26. The molecule has 0 N–H and O–H groups in total. The van der Waals surface area contributed by atoms with E-state index in [4.69, 9.17) is 9.84 Å². The maximum absolute atomic E-state index is 11.6. The van der Waals surface area contributed by atoms with Gasteiger partial charge in [0.05, 0.1) is 30.6 Å². The Morgan fingerprint density at radius 1 is 1.32 bits per heavy atom. The second kappa shape index (κ2) is 6.07. The summed E-state index contributed by atoms with van der Waals surface area (Å²) in [5, 5.41) is 4.72. The number of hydrogen-bond donors (Lipinski definition) is 0. The Balaban J connectivity index is 1.69. The molecule has 1 aliphatic carbocycles. The minimum Gasteiger partial charge on any atom is -0.469 e. The molecule has 0 radical (unpaired) electrons. The van der Waals surface area contributed by atoms with E-state index in [-0.39, 0.29) is 11.9 Å². The number of esters is 1. The van der Waals surface area contributed by atoms with Crippen LogP contribution in [0.2, 0.25) is 0 Å². The minimum atomic E-state index is -0.0527. The zero-order valence-corrected chi connectivity index (χ0v) is 13.5. The van der Waals surface area contributed by atoms with Gasteiger partial charge < -0.3 is 4.74 Å². The molecule has 2 aromatic rings. The summed E-state index contributed by atoms with van der Waals surface area (Å²) in [6, 6.07) is 2.11. The molecule has 1 saturated carbocycles. The van der Waals surface area contributed by atoms with Crippen molar-refractivity contribution in [1.29, 1.82) is 0 Å². The fourth-order valence-electron chi connectivity index (χ4n) is 3.41. The number of aromatic nitrogens is 3. The van der Waals surface area contributed by atoms with Crippen molar-refractivity contribution in [2.75, 3.05) is 7.11 Å². The molecule has 0 amide bonds. The van der Waals surface area contributed by atoms with Gasteiger partial charge in [-0.3, -0.25) is 4.79 Å². The molecular formula is C17H23N3O2. The molecule has 5 nitrogen and oxygen atoms in total. The smallest absolute Gasteiger partial charge is 0.308 e. The van der Waals surface area contributed by atoms with Gasteiger partial charge in [0.25, 0.3) is 0 Å². The maximum atomic E-state index is 11.6. The number of aryl methyl sites for hydroxylation is 2. The molecule has 1 aliphatic rings. The lowest BCUT2D eigenvalue weighted by Crippen LogP contribution is -2.24. The van der Waals surface area contributed by atoms with Crippen molar-refractivity contribution in [3.63, 3.8) is 0 Å². The van der Waals surface area contributed by atoms with Crippen LogP contribution in [-0.2, 0) is 16.0 Å². The Morgan fingerprint density at radius 2 is 2.05 bits per heavy atom. The zero-order chi connectivity index (χ0) is 15.7. The summed E-state index contributed by atoms with van der Waals surface area (Å²) in [5.74, 6) is 0.645. The van der Waals surface area contributed by atoms with Crippen molar-refractivity contribution in [1.82, 2.24) is 14.6 Å². The zero-order valence-electron chi connectivity index (χ0n) is 13.5. The first kappa shape index (κ1) is 15.0. The molecule has 0 bridgehead atoms. The van der Waals surface area contributed by atoms with Crippen molar-refractivity contribution < 1.29 is 9.53 Å². The van der Waals surface area contributed by atoms with Crippen LogP contribution in [0.5, 0.6) is 0 Å². The van der Waals surface area contributed by atoms with Crippen LogP contribution in [-0.4, -0.2) is 27.7 Å². The van der Waals surface area contributed by atoms with Gasteiger partial charge in [-0.2, -0.15) is 5.10 Å². The summed E-state index contributed by atoms with van der Waals surface area (Å²) < 4.78 is 6.72. The standard InChI is InChI=1S/C17H23N3O2/c1-11-8-16-18-12(2)10-20(16)19-15(11)9-13-4-6-14(7-5-13)17(21)22-3/h8,10,13-14H,4-7,9H2,1-3H3. The number of nitrogens with zero attached hydrogens (tertiary/aromatic N) is 3. The number of carbonyl (C=O) groups excluding carboxylic acids is 1. The first-order chi connectivity index (χ1) is 10.6. The molecule has 3 rings (SSSR count). The van der Waals surface area contributed by atoms with Crippen LogP contribution in [0.25, 0.3) is 5.65 Å². The van der Waals surface area contributed by atoms with Gasteiger partial charge in [-0.1, -0.05) is 0 Å². The molecular weight excluding hydrogens is 278 g/mol. The van der Waals surface area contributed by atoms with Crippen LogP contribution in [0.4, 0.5) is 0 Å². The van der Waals surface area contributed by atoms with Crippen LogP contribution in [0.15, 0.2) is 12.3 Å². The highest BCUT2D eigenvalue weighted by atomic mass is 16.5. The third-order valence-electron chi connectivity index (χ3n) is 4.73. The Bertz CT molecular complexity index is 685. The van der Waals surface area contributed by atoms with E-state index in [2.05, 4.69) is 18.0 Å². The second-order valence-electron chi connectivity index (χ2n) is 6.40. The molecule has 0 atom stereocenters. The van der Waals surface area contributed by atoms with Gasteiger partial charge in [-0.25, -0.2) is 9.50 Å². The number of rotatable bonds is 3. The van der Waals surface area contributed by atoms with Crippen LogP contribution in [0, 0.1) is 25.7 Å². The fraction of sp³-hybridized carbons (Fsp3) is 0.588. The normalized spacial score (nSPS) is 22.0. The lowest BCUT2D eigenvalue weighted by molar-refractivity contribution is -0.146. The van der Waals surface area contributed by atoms with Crippen LogP contribution < -0.4 is 0 Å². The number of fused-ring (bicyclic) bond motifs is 1. The predicted octanol–water partition coefficient (Wildman–Crippen LogP) is 2.87. The number of hydrogen-bond acceptors (Lipinski definition) is 4. The molecule has 118 valence electrons. The third-order valence-corrected chi connectivity index (χ3v) is 4.73. The number of imidazole rings is 1. The quantitative estimate of drug-likeness (QED) is 0.818. The van der Waals surface area contributed by atoms with E-state index in [9.17, 15) is 4.79 Å². The van der Waals surface area contributed by atoms with Gasteiger partial charge in [0, 0.05) is 0 Å². The Labute approximate surface area is 130 Å². The van der Waals surface area contributed by atoms with Crippen molar-refractivity contribution in [3.05, 3.63) is 29.2 Å². The minimum absolute atomic E-state index is 0.0527. The van der Waals surface area contributed by atoms with Gasteiger partial charge in [0.1, 0.15) is 0 Å². The molecule has 1 fully saturated rings. The van der Waals surface area contributed by atoms with Crippen LogP contribution in [0.3, 0.4) is 0 Å². The van der Waals surface area contributed by atoms with Crippen LogP contribution in [0.1, 0.15) is 42.6 Å². The molecule has 0 saturated heterocycles. The lowest BCUT2D eigenvalue weighted by atomic mass is 9.79. The number of methoxy groups -OCH3 is 1. The SMILES string of the molecule is COC(=O)C1CCC(Cc2nn3cc(C)nc3cc2C)CC1. The highest BCUT2D eigenvalue weighted by molar-refractivity contribution is 5.72. The maximum Gasteiger partial charge on any atom is 0.308 e. The average Bonchev–Trinajstić information content (AvgIpc) is 2.86. The van der Waals surface area contributed by atoms with Gasteiger partial charge in [0.15, 0.2) is 5.65 Å². The summed E-state index contributed by atoms with van der Waals surface area (Å²) in [4.78, 5) is 16.0. The van der Waals surface area contributed by atoms with E-state index in [0.29, 0.717) is 5.92 Å². The Kier molecular flexibility index (Phi) is 4.14. The first-order valence-electron chi connectivity index (χ1n) is 7.97. The van der Waals surface area contributed by atoms with E-state index in [1.807, 2.05) is 17.6 Å². The summed E-state index contributed by atoms with van der Waals surface area (Å²) in [7, 11) is 1.48. The van der Waals surface area contributed by atoms with Gasteiger partial charge in [0.2, 0.25) is 0 Å². The monoisotopic (exact) mass is 301 g/mol. The third kappa shape index (κ3) is 2.98. The van der Waals surface area contributed by atoms with Gasteiger partial charge in [-0.15, -0.1) is 0 Å². The second-order valence-corrected chi connectivity index (χ2v) is 6.40. The molecule has 22 heavy (non-hydrogen) atoms. The number of ether oxygens (including phenoxy) is 1. The van der Waals surface area contributed by atoms with E-state index in [0.717, 1.165) is 49.1 Å². The highest BCUT2D eigenvalue weighted by Gasteiger charge is 2.27. The molecule has 0 unspecified atom stereocenters. The summed E-state index contributed by atoms with van der Waals surface area (Å²) in [6.07, 6.45) is 6.95. The topological polar surface area (TPSA) is 56.5 Å². The highest BCUT2D eigenvalue weighted by Crippen LogP contribution is 2.31. The van der Waals surface area contributed by atoms with Crippen molar-refractivity contribution >= 4 is 11.6 Å². The van der Waals surface area contributed by atoms with E-state index >= 15 is 0 Å². The summed E-state index contributed by atoms with van der Waals surface area (Å²) >= 11 is 0. The molecule has 5 heteroatoms. The average molecular weight is 301 g/mol. The van der Waals surface area contributed by atoms with Gasteiger partial charge >= 0.3 is 5.97 Å². The molecule has 0 spiro atoms. The molecule has 2 heterocycles. The molecule has 0 aromatic carbocycles. The van der Waals surface area contributed by atoms with Crippen molar-refractivity contribution in [2.24, 2.45) is 11.8 Å². The van der Waals surface area contributed by atoms with Crippen molar-refractivity contribution in [3.8, 4) is 0 Å². The summed E-state index contributed by atoms with van der Waals surface area (Å²) in [5.41, 5.74) is 4.25. The predicted molar refractivity (Wildman–Crippen MR) is 83.6 cm³/mol. The van der Waals surface area contributed by atoms with E-state index < -0.39 is 0 Å². The molecule has 2 aromatic heterocycles. The van der Waals surface area contributed by atoms with Crippen LogP contribution >= 0.6 is 0 Å². The Morgan fingerprint density at radius 3 is 2.73 bits per heavy atom. The first-order valence-corrected chi connectivity index (χ1v) is 7.97. The molecule has 0 aliphatic heterocycles.